The minimum absolute atomic E-state index is 0.173. The molecule has 0 amide bonds. The number of benzene rings is 2. The second kappa shape index (κ2) is 7.58. The molecule has 8 nitrogen and oxygen atoms in total. The van der Waals surface area contributed by atoms with Crippen molar-refractivity contribution in [1.29, 1.82) is 0 Å². The average Bonchev–Trinajstić information content (AvgIpc) is 3.15. The fourth-order valence-electron chi connectivity index (χ4n) is 2.36. The van der Waals surface area contributed by atoms with Crippen LogP contribution >= 0.6 is 11.8 Å². The number of hydrogen-bond acceptors (Lipinski definition) is 8. The second-order valence-corrected chi connectivity index (χ2v) is 6.64. The van der Waals surface area contributed by atoms with E-state index in [4.69, 9.17) is 9.15 Å². The van der Waals surface area contributed by atoms with Gasteiger partial charge in [-0.1, -0.05) is 35.0 Å². The molecule has 2 aromatic carbocycles. The monoisotopic (exact) mass is 381 g/mol. The highest BCUT2D eigenvalue weighted by molar-refractivity contribution is 7.98. The van der Waals surface area contributed by atoms with Crippen molar-refractivity contribution in [3.05, 3.63) is 70.3 Å². The summed E-state index contributed by atoms with van der Waals surface area (Å²) in [6, 6.07) is 14.8. The van der Waals surface area contributed by atoms with Crippen LogP contribution in [0.3, 0.4) is 0 Å². The van der Waals surface area contributed by atoms with E-state index < -0.39 is 0 Å². The first-order chi connectivity index (χ1) is 13.2. The summed E-state index contributed by atoms with van der Waals surface area (Å²) in [7, 11) is 0. The van der Waals surface area contributed by atoms with Gasteiger partial charge < -0.3 is 9.15 Å². The SMILES string of the molecule is Cc1ccc(OCc2nnc(SCn3nnc4ccccc4c3=O)o2)cc1. The van der Waals surface area contributed by atoms with Crippen molar-refractivity contribution in [3.8, 4) is 5.75 Å². The normalized spacial score (nSPS) is 11.0. The molecular formula is C18H15N5O3S. The molecule has 0 radical (unpaired) electrons. The standard InChI is InChI=1S/C18H15N5O3S/c1-12-6-8-13(9-7-12)25-10-16-20-21-18(26-16)27-11-23-17(24)14-4-2-3-5-15(14)19-22-23/h2-9H,10-11H2,1H3. The zero-order valence-electron chi connectivity index (χ0n) is 14.4. The van der Waals surface area contributed by atoms with Crippen LogP contribution in [0.15, 0.2) is 63.0 Å². The summed E-state index contributed by atoms with van der Waals surface area (Å²) >= 11 is 1.21. The maximum absolute atomic E-state index is 12.4. The average molecular weight is 381 g/mol. The first kappa shape index (κ1) is 17.2. The minimum atomic E-state index is -0.212. The van der Waals surface area contributed by atoms with Gasteiger partial charge in [-0.15, -0.1) is 15.3 Å². The largest absolute Gasteiger partial charge is 0.484 e. The van der Waals surface area contributed by atoms with Crippen molar-refractivity contribution in [2.24, 2.45) is 0 Å². The van der Waals surface area contributed by atoms with Crippen molar-refractivity contribution in [3.63, 3.8) is 0 Å². The third-order valence-corrected chi connectivity index (χ3v) is 4.56. The van der Waals surface area contributed by atoms with Crippen molar-refractivity contribution >= 4 is 22.7 Å². The van der Waals surface area contributed by atoms with Gasteiger partial charge in [0.25, 0.3) is 16.7 Å². The lowest BCUT2D eigenvalue weighted by atomic mass is 10.2. The van der Waals surface area contributed by atoms with E-state index in [0.717, 1.165) is 11.3 Å². The number of ether oxygens (including phenoxy) is 1. The van der Waals surface area contributed by atoms with Gasteiger partial charge in [0.1, 0.15) is 17.1 Å². The summed E-state index contributed by atoms with van der Waals surface area (Å²) < 4.78 is 12.4. The Bertz CT molecular complexity index is 1120. The highest BCUT2D eigenvalue weighted by Crippen LogP contribution is 2.19. The summed E-state index contributed by atoms with van der Waals surface area (Å²) in [6.45, 7) is 2.18. The van der Waals surface area contributed by atoms with Gasteiger partial charge in [0, 0.05) is 0 Å². The van der Waals surface area contributed by atoms with Crippen LogP contribution in [-0.4, -0.2) is 25.2 Å². The zero-order valence-corrected chi connectivity index (χ0v) is 15.2. The Morgan fingerprint density at radius 2 is 1.89 bits per heavy atom. The van der Waals surface area contributed by atoms with Crippen LogP contribution in [0.4, 0.5) is 0 Å². The number of rotatable bonds is 6. The fourth-order valence-corrected chi connectivity index (χ4v) is 3.01. The predicted octanol–water partition coefficient (Wildman–Crippen LogP) is 2.81. The van der Waals surface area contributed by atoms with Crippen LogP contribution < -0.4 is 10.3 Å². The molecule has 0 aliphatic carbocycles. The Labute approximate surface area is 158 Å². The Balaban J connectivity index is 1.39. The van der Waals surface area contributed by atoms with Crippen LogP contribution in [-0.2, 0) is 12.5 Å². The summed E-state index contributed by atoms with van der Waals surface area (Å²) in [6.07, 6.45) is 0. The molecule has 2 heterocycles. The van der Waals surface area contributed by atoms with Crippen LogP contribution in [0.25, 0.3) is 10.9 Å². The Morgan fingerprint density at radius 3 is 2.74 bits per heavy atom. The molecule has 9 heteroatoms. The molecule has 0 spiro atoms. The Morgan fingerprint density at radius 1 is 1.07 bits per heavy atom. The van der Waals surface area contributed by atoms with Crippen molar-refractivity contribution in [2.45, 2.75) is 24.6 Å². The second-order valence-electron chi connectivity index (χ2n) is 5.75. The number of aromatic nitrogens is 5. The van der Waals surface area contributed by atoms with Gasteiger partial charge in [-0.05, 0) is 43.0 Å². The number of fused-ring (bicyclic) bond motifs is 1. The topological polar surface area (TPSA) is 95.9 Å². The van der Waals surface area contributed by atoms with Gasteiger partial charge >= 0.3 is 0 Å². The van der Waals surface area contributed by atoms with Crippen LogP contribution in [0, 0.1) is 6.92 Å². The Hall–Kier alpha value is -3.20. The maximum Gasteiger partial charge on any atom is 0.278 e. The number of aryl methyl sites for hydroxylation is 1. The molecule has 136 valence electrons. The van der Waals surface area contributed by atoms with Crippen LogP contribution in [0.1, 0.15) is 11.5 Å². The van der Waals surface area contributed by atoms with E-state index >= 15 is 0 Å². The smallest absolute Gasteiger partial charge is 0.278 e. The highest BCUT2D eigenvalue weighted by Gasteiger charge is 2.10. The van der Waals surface area contributed by atoms with Gasteiger partial charge in [-0.3, -0.25) is 4.79 Å². The Kier molecular flexibility index (Phi) is 4.84. The lowest BCUT2D eigenvalue weighted by molar-refractivity contribution is 0.252. The van der Waals surface area contributed by atoms with Crippen LogP contribution in [0.5, 0.6) is 5.75 Å². The number of thioether (sulfide) groups is 1. The van der Waals surface area contributed by atoms with E-state index in [0.29, 0.717) is 22.0 Å². The molecule has 4 rings (SSSR count). The zero-order chi connectivity index (χ0) is 18.6. The molecule has 0 aliphatic rings. The molecule has 0 N–H and O–H groups in total. The lowest BCUT2D eigenvalue weighted by Crippen LogP contribution is -2.23. The molecular weight excluding hydrogens is 366 g/mol. The third-order valence-electron chi connectivity index (χ3n) is 3.77. The van der Waals surface area contributed by atoms with E-state index in [1.165, 1.54) is 16.4 Å². The molecule has 0 saturated carbocycles. The van der Waals surface area contributed by atoms with Crippen molar-refractivity contribution in [2.75, 3.05) is 0 Å². The molecule has 27 heavy (non-hydrogen) atoms. The highest BCUT2D eigenvalue weighted by atomic mass is 32.2. The van der Waals surface area contributed by atoms with E-state index in [1.54, 1.807) is 18.2 Å². The lowest BCUT2D eigenvalue weighted by Gasteiger charge is -2.03. The molecule has 0 unspecified atom stereocenters. The van der Waals surface area contributed by atoms with E-state index in [1.807, 2.05) is 37.3 Å². The molecule has 4 aromatic rings. The summed E-state index contributed by atoms with van der Waals surface area (Å²) in [5.41, 5.74) is 1.51. The first-order valence-electron chi connectivity index (χ1n) is 8.16. The van der Waals surface area contributed by atoms with Gasteiger partial charge in [0.15, 0.2) is 6.61 Å². The van der Waals surface area contributed by atoms with E-state index in [-0.39, 0.29) is 18.0 Å². The predicted molar refractivity (Wildman–Crippen MR) is 99.5 cm³/mol. The van der Waals surface area contributed by atoms with Crippen molar-refractivity contribution in [1.82, 2.24) is 25.2 Å². The van der Waals surface area contributed by atoms with Gasteiger partial charge in [0.2, 0.25) is 0 Å². The van der Waals surface area contributed by atoms with E-state index in [2.05, 4.69) is 20.5 Å². The first-order valence-corrected chi connectivity index (χ1v) is 9.15. The molecule has 0 saturated heterocycles. The molecule has 2 aromatic heterocycles. The van der Waals surface area contributed by atoms with Crippen LogP contribution in [0.2, 0.25) is 0 Å². The van der Waals surface area contributed by atoms with Gasteiger partial charge in [-0.25, -0.2) is 0 Å². The molecule has 0 atom stereocenters. The van der Waals surface area contributed by atoms with Crippen molar-refractivity contribution < 1.29 is 9.15 Å². The summed E-state index contributed by atoms with van der Waals surface area (Å²) in [5.74, 6) is 1.30. The van der Waals surface area contributed by atoms with E-state index in [9.17, 15) is 4.79 Å². The number of hydrogen-bond donors (Lipinski definition) is 0. The van der Waals surface area contributed by atoms with Gasteiger partial charge in [0.05, 0.1) is 5.39 Å². The molecule has 0 fully saturated rings. The molecule has 0 bridgehead atoms. The summed E-state index contributed by atoms with van der Waals surface area (Å²) in [5, 5.41) is 16.7. The third kappa shape index (κ3) is 3.98. The molecule has 0 aliphatic heterocycles. The quantitative estimate of drug-likeness (QED) is 0.471. The van der Waals surface area contributed by atoms with Gasteiger partial charge in [-0.2, -0.15) is 4.68 Å². The minimum Gasteiger partial charge on any atom is -0.484 e. The fraction of sp³-hybridized carbons (Fsp3) is 0.167. The number of nitrogens with zero attached hydrogens (tertiary/aromatic N) is 5. The summed E-state index contributed by atoms with van der Waals surface area (Å²) in [4.78, 5) is 12.4. The maximum atomic E-state index is 12.4.